The Morgan fingerprint density at radius 3 is 3.00 bits per heavy atom. The standard InChI is InChI=1S/C14H20FN3O3/c1-9-5-18(6-11(8-19)21-9)7-14(20)17-10-2-3-12(15)13(16)4-10/h2-4,9,11,19H,5-8,16H2,1H3,(H,17,20). The van der Waals surface area contributed by atoms with Crippen LogP contribution in [0.2, 0.25) is 0 Å². The van der Waals surface area contributed by atoms with Crippen molar-refractivity contribution in [3.63, 3.8) is 0 Å². The van der Waals surface area contributed by atoms with E-state index >= 15 is 0 Å². The molecule has 1 fully saturated rings. The molecule has 6 nitrogen and oxygen atoms in total. The third-order valence-electron chi connectivity index (χ3n) is 3.25. The van der Waals surface area contributed by atoms with Gasteiger partial charge in [-0.25, -0.2) is 4.39 Å². The van der Waals surface area contributed by atoms with Crippen LogP contribution in [0.1, 0.15) is 6.92 Å². The maximum atomic E-state index is 13.1. The smallest absolute Gasteiger partial charge is 0.238 e. The van der Waals surface area contributed by atoms with Gasteiger partial charge in [0, 0.05) is 18.8 Å². The molecule has 1 amide bonds. The van der Waals surface area contributed by atoms with Crippen molar-refractivity contribution in [3.05, 3.63) is 24.0 Å². The Balaban J connectivity index is 1.90. The normalized spacial score (nSPS) is 23.0. The molecular formula is C14H20FN3O3. The van der Waals surface area contributed by atoms with Gasteiger partial charge in [0.15, 0.2) is 0 Å². The van der Waals surface area contributed by atoms with Gasteiger partial charge in [-0.2, -0.15) is 0 Å². The summed E-state index contributed by atoms with van der Waals surface area (Å²) >= 11 is 0. The Hall–Kier alpha value is -1.70. The van der Waals surface area contributed by atoms with Gasteiger partial charge in [-0.1, -0.05) is 0 Å². The number of rotatable bonds is 4. The lowest BCUT2D eigenvalue weighted by molar-refractivity contribution is -0.124. The number of hydrogen-bond donors (Lipinski definition) is 3. The summed E-state index contributed by atoms with van der Waals surface area (Å²) in [6.45, 7) is 3.13. The number of hydrogen-bond acceptors (Lipinski definition) is 5. The highest BCUT2D eigenvalue weighted by molar-refractivity contribution is 5.92. The number of anilines is 2. The predicted molar refractivity (Wildman–Crippen MR) is 77.3 cm³/mol. The van der Waals surface area contributed by atoms with Gasteiger partial charge in [0.2, 0.25) is 5.91 Å². The number of carbonyl (C=O) groups is 1. The highest BCUT2D eigenvalue weighted by Crippen LogP contribution is 2.16. The number of aliphatic hydroxyl groups excluding tert-OH is 1. The Labute approximate surface area is 122 Å². The van der Waals surface area contributed by atoms with Crippen molar-refractivity contribution in [2.75, 3.05) is 37.3 Å². The summed E-state index contributed by atoms with van der Waals surface area (Å²) < 4.78 is 18.6. The number of carbonyl (C=O) groups excluding carboxylic acids is 1. The van der Waals surface area contributed by atoms with Crippen molar-refractivity contribution in [1.82, 2.24) is 4.90 Å². The third-order valence-corrected chi connectivity index (χ3v) is 3.25. The van der Waals surface area contributed by atoms with Gasteiger partial charge in [0.1, 0.15) is 5.82 Å². The van der Waals surface area contributed by atoms with Crippen molar-refractivity contribution in [1.29, 1.82) is 0 Å². The average Bonchev–Trinajstić information content (AvgIpc) is 2.42. The quantitative estimate of drug-likeness (QED) is 0.701. The van der Waals surface area contributed by atoms with Crippen LogP contribution in [0.15, 0.2) is 18.2 Å². The second kappa shape index (κ2) is 6.84. The van der Waals surface area contributed by atoms with E-state index in [1.165, 1.54) is 18.2 Å². The van der Waals surface area contributed by atoms with Crippen LogP contribution in [0.5, 0.6) is 0 Å². The molecule has 0 bridgehead atoms. The maximum absolute atomic E-state index is 13.1. The SMILES string of the molecule is CC1CN(CC(=O)Nc2ccc(F)c(N)c2)CC(CO)O1. The molecule has 1 aliphatic rings. The number of nitrogens with one attached hydrogen (secondary N) is 1. The van der Waals surface area contributed by atoms with Gasteiger partial charge in [0.25, 0.3) is 0 Å². The molecule has 1 heterocycles. The molecule has 0 aromatic heterocycles. The molecule has 1 aromatic carbocycles. The minimum atomic E-state index is -0.513. The fourth-order valence-electron chi connectivity index (χ4n) is 2.40. The predicted octanol–water partition coefficient (Wildman–Crippen LogP) is 0.428. The highest BCUT2D eigenvalue weighted by atomic mass is 19.1. The van der Waals surface area contributed by atoms with E-state index in [1.54, 1.807) is 0 Å². The van der Waals surface area contributed by atoms with E-state index in [-0.39, 0.29) is 37.0 Å². The van der Waals surface area contributed by atoms with Crippen molar-refractivity contribution >= 4 is 17.3 Å². The van der Waals surface area contributed by atoms with Crippen molar-refractivity contribution in [3.8, 4) is 0 Å². The zero-order chi connectivity index (χ0) is 15.4. The summed E-state index contributed by atoms with van der Waals surface area (Å²) in [5, 5.41) is 11.8. The molecule has 0 saturated carbocycles. The molecule has 0 aliphatic carbocycles. The maximum Gasteiger partial charge on any atom is 0.238 e. The Bertz CT molecular complexity index is 512. The lowest BCUT2D eigenvalue weighted by Crippen LogP contribution is -2.50. The van der Waals surface area contributed by atoms with Crippen LogP contribution in [-0.4, -0.2) is 54.4 Å². The molecule has 21 heavy (non-hydrogen) atoms. The molecule has 0 spiro atoms. The second-order valence-corrected chi connectivity index (χ2v) is 5.23. The molecule has 0 radical (unpaired) electrons. The Kier molecular flexibility index (Phi) is 5.11. The second-order valence-electron chi connectivity index (χ2n) is 5.23. The minimum absolute atomic E-state index is 0.00635. The van der Waals surface area contributed by atoms with Crippen LogP contribution in [0.25, 0.3) is 0 Å². The molecule has 1 aromatic rings. The van der Waals surface area contributed by atoms with Crippen LogP contribution in [0.3, 0.4) is 0 Å². The van der Waals surface area contributed by atoms with Gasteiger partial charge in [0.05, 0.1) is 31.0 Å². The van der Waals surface area contributed by atoms with E-state index in [1.807, 2.05) is 11.8 Å². The van der Waals surface area contributed by atoms with E-state index in [0.29, 0.717) is 18.8 Å². The number of benzene rings is 1. The number of morpholine rings is 1. The first-order valence-electron chi connectivity index (χ1n) is 6.81. The molecule has 2 unspecified atom stereocenters. The van der Waals surface area contributed by atoms with Gasteiger partial charge < -0.3 is 20.9 Å². The van der Waals surface area contributed by atoms with Gasteiger partial charge in [-0.05, 0) is 25.1 Å². The third kappa shape index (κ3) is 4.38. The van der Waals surface area contributed by atoms with Gasteiger partial charge >= 0.3 is 0 Å². The van der Waals surface area contributed by atoms with E-state index < -0.39 is 5.82 Å². The molecule has 7 heteroatoms. The van der Waals surface area contributed by atoms with Crippen molar-refractivity contribution < 1.29 is 19.0 Å². The summed E-state index contributed by atoms with van der Waals surface area (Å²) in [6, 6.07) is 4.05. The van der Waals surface area contributed by atoms with Crippen molar-refractivity contribution in [2.24, 2.45) is 0 Å². The van der Waals surface area contributed by atoms with E-state index in [2.05, 4.69) is 5.32 Å². The first-order chi connectivity index (χ1) is 9.97. The summed E-state index contributed by atoms with van der Waals surface area (Å²) in [5.41, 5.74) is 5.90. The van der Waals surface area contributed by atoms with E-state index in [9.17, 15) is 9.18 Å². The number of halogens is 1. The van der Waals surface area contributed by atoms with Gasteiger partial charge in [-0.3, -0.25) is 9.69 Å². The van der Waals surface area contributed by atoms with Crippen LogP contribution in [-0.2, 0) is 9.53 Å². The number of nitrogens with two attached hydrogens (primary N) is 1. The number of ether oxygens (including phenoxy) is 1. The molecule has 116 valence electrons. The highest BCUT2D eigenvalue weighted by Gasteiger charge is 2.25. The van der Waals surface area contributed by atoms with Crippen molar-refractivity contribution in [2.45, 2.75) is 19.1 Å². The van der Waals surface area contributed by atoms with E-state index in [4.69, 9.17) is 15.6 Å². The molecule has 1 saturated heterocycles. The first kappa shape index (κ1) is 15.7. The lowest BCUT2D eigenvalue weighted by Gasteiger charge is -2.35. The number of aliphatic hydroxyl groups is 1. The molecule has 4 N–H and O–H groups in total. The fourth-order valence-corrected chi connectivity index (χ4v) is 2.40. The van der Waals surface area contributed by atoms with Crippen LogP contribution < -0.4 is 11.1 Å². The number of nitrogen functional groups attached to an aromatic ring is 1. The average molecular weight is 297 g/mol. The fraction of sp³-hybridized carbons (Fsp3) is 0.500. The molecule has 2 rings (SSSR count). The summed E-state index contributed by atoms with van der Waals surface area (Å²) in [7, 11) is 0. The Morgan fingerprint density at radius 2 is 2.33 bits per heavy atom. The summed E-state index contributed by atoms with van der Waals surface area (Å²) in [5.74, 6) is -0.729. The molecule has 2 atom stereocenters. The zero-order valence-electron chi connectivity index (χ0n) is 11.9. The van der Waals surface area contributed by atoms with E-state index in [0.717, 1.165) is 0 Å². The first-order valence-corrected chi connectivity index (χ1v) is 6.81. The summed E-state index contributed by atoms with van der Waals surface area (Å²) in [6.07, 6.45) is -0.312. The largest absolute Gasteiger partial charge is 0.396 e. The van der Waals surface area contributed by atoms with Gasteiger partial charge in [-0.15, -0.1) is 0 Å². The topological polar surface area (TPSA) is 87.8 Å². The number of nitrogens with zero attached hydrogens (tertiary/aromatic N) is 1. The monoisotopic (exact) mass is 297 g/mol. The summed E-state index contributed by atoms with van der Waals surface area (Å²) in [4.78, 5) is 13.9. The lowest BCUT2D eigenvalue weighted by atomic mass is 10.2. The molecular weight excluding hydrogens is 277 g/mol. The zero-order valence-corrected chi connectivity index (χ0v) is 11.9. The van der Waals surface area contributed by atoms with Crippen LogP contribution in [0.4, 0.5) is 15.8 Å². The molecule has 1 aliphatic heterocycles. The van der Waals surface area contributed by atoms with Crippen LogP contribution >= 0.6 is 0 Å². The van der Waals surface area contributed by atoms with Crippen LogP contribution in [0, 0.1) is 5.82 Å². The number of amides is 1. The minimum Gasteiger partial charge on any atom is -0.396 e. The Morgan fingerprint density at radius 1 is 1.57 bits per heavy atom.